The Labute approximate surface area is 136 Å². The van der Waals surface area contributed by atoms with E-state index in [2.05, 4.69) is 62.3 Å². The first-order chi connectivity index (χ1) is 8.41. The molecule has 0 unspecified atom stereocenters. The average molecular weight is 384 g/mol. The summed E-state index contributed by atoms with van der Waals surface area (Å²) in [6.07, 6.45) is 2.39. The number of hydrogen-bond donors (Lipinski definition) is 2. The van der Waals surface area contributed by atoms with Crippen LogP contribution >= 0.6 is 24.0 Å². The summed E-state index contributed by atoms with van der Waals surface area (Å²) in [5, 5.41) is 6.67. The predicted octanol–water partition coefficient (Wildman–Crippen LogP) is 2.55. The van der Waals surface area contributed by atoms with Crippen molar-refractivity contribution >= 4 is 29.9 Å². The molecule has 0 spiro atoms. The standard InChI is InChI=1S/C14H32N4.HI/c1-7-9-10-16-13(15-8-2)17-11-14(3,4)12-18(5)6;/h7-12H2,1-6H3,(H2,15,16,17);1H. The molecule has 0 heterocycles. The van der Waals surface area contributed by atoms with E-state index in [-0.39, 0.29) is 29.4 Å². The summed E-state index contributed by atoms with van der Waals surface area (Å²) in [5.74, 6) is 0.942. The van der Waals surface area contributed by atoms with Gasteiger partial charge in [0.1, 0.15) is 0 Å². The maximum absolute atomic E-state index is 4.68. The van der Waals surface area contributed by atoms with Crippen molar-refractivity contribution in [2.24, 2.45) is 10.4 Å². The first-order valence-corrected chi connectivity index (χ1v) is 7.08. The molecule has 0 aliphatic heterocycles. The monoisotopic (exact) mass is 384 g/mol. The van der Waals surface area contributed by atoms with Crippen molar-refractivity contribution in [1.29, 1.82) is 0 Å². The topological polar surface area (TPSA) is 39.7 Å². The molecule has 5 heteroatoms. The molecule has 116 valence electrons. The van der Waals surface area contributed by atoms with Gasteiger partial charge >= 0.3 is 0 Å². The van der Waals surface area contributed by atoms with E-state index >= 15 is 0 Å². The van der Waals surface area contributed by atoms with Crippen LogP contribution in [0.2, 0.25) is 0 Å². The molecule has 0 saturated heterocycles. The normalized spacial score (nSPS) is 12.3. The van der Waals surface area contributed by atoms with Gasteiger partial charge in [0.05, 0.1) is 0 Å². The fourth-order valence-electron chi connectivity index (χ4n) is 1.92. The summed E-state index contributed by atoms with van der Waals surface area (Å²) in [7, 11) is 4.21. The minimum absolute atomic E-state index is 0. The van der Waals surface area contributed by atoms with Crippen LogP contribution in [0.25, 0.3) is 0 Å². The van der Waals surface area contributed by atoms with Crippen molar-refractivity contribution in [3.63, 3.8) is 0 Å². The van der Waals surface area contributed by atoms with Crippen molar-refractivity contribution in [1.82, 2.24) is 15.5 Å². The minimum atomic E-state index is 0. The van der Waals surface area contributed by atoms with Crippen LogP contribution in [0, 0.1) is 5.41 Å². The van der Waals surface area contributed by atoms with Crippen molar-refractivity contribution in [3.8, 4) is 0 Å². The Balaban J connectivity index is 0. The Bertz CT molecular complexity index is 240. The molecule has 0 aromatic rings. The van der Waals surface area contributed by atoms with E-state index < -0.39 is 0 Å². The zero-order chi connectivity index (χ0) is 14.0. The number of halogens is 1. The van der Waals surface area contributed by atoms with Gasteiger partial charge in [-0.05, 0) is 32.9 Å². The van der Waals surface area contributed by atoms with Gasteiger partial charge in [-0.1, -0.05) is 27.2 Å². The number of unbranched alkanes of at least 4 members (excludes halogenated alkanes) is 1. The van der Waals surface area contributed by atoms with Crippen LogP contribution in [-0.2, 0) is 0 Å². The van der Waals surface area contributed by atoms with Crippen LogP contribution in [0.1, 0.15) is 40.5 Å². The van der Waals surface area contributed by atoms with E-state index in [1.165, 1.54) is 12.8 Å². The summed E-state index contributed by atoms with van der Waals surface area (Å²) in [6.45, 7) is 12.6. The lowest BCUT2D eigenvalue weighted by atomic mass is 9.93. The maximum atomic E-state index is 4.68. The Kier molecular flexibility index (Phi) is 13.2. The number of nitrogens with one attached hydrogen (secondary N) is 2. The molecule has 0 rings (SSSR count). The van der Waals surface area contributed by atoms with Crippen molar-refractivity contribution in [3.05, 3.63) is 0 Å². The van der Waals surface area contributed by atoms with Gasteiger partial charge < -0.3 is 15.5 Å². The Morgan fingerprint density at radius 1 is 1.16 bits per heavy atom. The molecule has 0 amide bonds. The van der Waals surface area contributed by atoms with Crippen LogP contribution in [0.15, 0.2) is 4.99 Å². The van der Waals surface area contributed by atoms with Crippen LogP contribution in [0.3, 0.4) is 0 Å². The number of rotatable bonds is 8. The highest BCUT2D eigenvalue weighted by atomic mass is 127. The van der Waals surface area contributed by atoms with Gasteiger partial charge in [0.2, 0.25) is 0 Å². The molecular formula is C14H33IN4. The second-order valence-corrected chi connectivity index (χ2v) is 5.88. The number of hydrogen-bond acceptors (Lipinski definition) is 2. The van der Waals surface area contributed by atoms with Crippen LogP contribution in [0.5, 0.6) is 0 Å². The zero-order valence-corrected chi connectivity index (χ0v) is 15.9. The Morgan fingerprint density at radius 2 is 1.79 bits per heavy atom. The molecule has 4 nitrogen and oxygen atoms in total. The first-order valence-electron chi connectivity index (χ1n) is 7.08. The lowest BCUT2D eigenvalue weighted by Gasteiger charge is -2.26. The molecule has 0 aliphatic rings. The lowest BCUT2D eigenvalue weighted by molar-refractivity contribution is 0.248. The van der Waals surface area contributed by atoms with Crippen molar-refractivity contribution in [2.75, 3.05) is 40.3 Å². The van der Waals surface area contributed by atoms with Gasteiger partial charge in [-0.3, -0.25) is 4.99 Å². The van der Waals surface area contributed by atoms with E-state index in [9.17, 15) is 0 Å². The van der Waals surface area contributed by atoms with Gasteiger partial charge in [-0.25, -0.2) is 0 Å². The summed E-state index contributed by atoms with van der Waals surface area (Å²) in [4.78, 5) is 6.89. The van der Waals surface area contributed by atoms with Gasteiger partial charge in [0.15, 0.2) is 5.96 Å². The molecule has 0 aromatic heterocycles. The highest BCUT2D eigenvalue weighted by Crippen LogP contribution is 2.15. The first kappa shape index (κ1) is 21.3. The third-order valence-corrected chi connectivity index (χ3v) is 2.58. The molecule has 19 heavy (non-hydrogen) atoms. The largest absolute Gasteiger partial charge is 0.357 e. The molecule has 0 bridgehead atoms. The molecule has 0 aliphatic carbocycles. The van der Waals surface area contributed by atoms with E-state index in [1.807, 2.05) is 0 Å². The molecule has 2 N–H and O–H groups in total. The quantitative estimate of drug-likeness (QED) is 0.293. The van der Waals surface area contributed by atoms with Crippen LogP contribution in [-0.4, -0.2) is 51.1 Å². The number of nitrogens with zero attached hydrogens (tertiary/aromatic N) is 2. The van der Waals surface area contributed by atoms with Gasteiger partial charge in [0.25, 0.3) is 0 Å². The van der Waals surface area contributed by atoms with E-state index in [1.54, 1.807) is 0 Å². The molecule has 0 fully saturated rings. The third-order valence-electron chi connectivity index (χ3n) is 2.58. The summed E-state index contributed by atoms with van der Waals surface area (Å²) in [5.41, 5.74) is 0.205. The molecule has 0 saturated carbocycles. The van der Waals surface area contributed by atoms with Crippen LogP contribution < -0.4 is 10.6 Å². The van der Waals surface area contributed by atoms with Gasteiger partial charge in [0, 0.05) is 26.2 Å². The Hall–Kier alpha value is -0.0400. The molecular weight excluding hydrogens is 351 g/mol. The highest BCUT2D eigenvalue weighted by molar-refractivity contribution is 14.0. The zero-order valence-electron chi connectivity index (χ0n) is 13.5. The summed E-state index contributed by atoms with van der Waals surface area (Å²) in [6, 6.07) is 0. The summed E-state index contributed by atoms with van der Waals surface area (Å²) < 4.78 is 0. The van der Waals surface area contributed by atoms with E-state index in [0.717, 1.165) is 32.1 Å². The number of aliphatic imine (C=N–C) groups is 1. The third kappa shape index (κ3) is 12.7. The minimum Gasteiger partial charge on any atom is -0.357 e. The van der Waals surface area contributed by atoms with Gasteiger partial charge in [-0.15, -0.1) is 24.0 Å². The second-order valence-electron chi connectivity index (χ2n) is 5.88. The highest BCUT2D eigenvalue weighted by Gasteiger charge is 2.18. The SMILES string of the molecule is CCCCNC(=NCC(C)(C)CN(C)C)NCC.I. The molecule has 0 aromatic carbocycles. The van der Waals surface area contributed by atoms with E-state index in [0.29, 0.717) is 0 Å². The number of guanidine groups is 1. The van der Waals surface area contributed by atoms with E-state index in [4.69, 9.17) is 0 Å². The van der Waals surface area contributed by atoms with Gasteiger partial charge in [-0.2, -0.15) is 0 Å². The second kappa shape index (κ2) is 11.8. The molecule has 0 radical (unpaired) electrons. The molecule has 0 atom stereocenters. The smallest absolute Gasteiger partial charge is 0.191 e. The lowest BCUT2D eigenvalue weighted by Crippen LogP contribution is -2.39. The van der Waals surface area contributed by atoms with Crippen LogP contribution in [0.4, 0.5) is 0 Å². The predicted molar refractivity (Wildman–Crippen MR) is 96.6 cm³/mol. The fraction of sp³-hybridized carbons (Fsp3) is 0.929. The summed E-state index contributed by atoms with van der Waals surface area (Å²) >= 11 is 0. The Morgan fingerprint density at radius 3 is 2.26 bits per heavy atom. The van der Waals surface area contributed by atoms with Crippen molar-refractivity contribution in [2.45, 2.75) is 40.5 Å². The van der Waals surface area contributed by atoms with Crippen molar-refractivity contribution < 1.29 is 0 Å². The fourth-order valence-corrected chi connectivity index (χ4v) is 1.92. The maximum Gasteiger partial charge on any atom is 0.191 e. The average Bonchev–Trinajstić information content (AvgIpc) is 2.24.